The highest BCUT2D eigenvalue weighted by Gasteiger charge is 2.11. The third-order valence-electron chi connectivity index (χ3n) is 3.35. The highest BCUT2D eigenvalue weighted by molar-refractivity contribution is 7.11. The summed E-state index contributed by atoms with van der Waals surface area (Å²) in [6.45, 7) is 0.234. The number of ether oxygens (including phenoxy) is 2. The summed E-state index contributed by atoms with van der Waals surface area (Å²) in [5, 5.41) is 6.35. The van der Waals surface area contributed by atoms with E-state index in [1.165, 1.54) is 22.9 Å². The molecule has 0 amide bonds. The molecule has 2 N–H and O–H groups in total. The number of hydrogen-bond acceptors (Lipinski definition) is 4. The first-order valence-electron chi connectivity index (χ1n) is 7.63. The largest absolute Gasteiger partial charge is 0.493 e. The quantitative estimate of drug-likeness (QED) is 0.579. The van der Waals surface area contributed by atoms with Crippen molar-refractivity contribution in [2.45, 2.75) is 26.6 Å². The van der Waals surface area contributed by atoms with Gasteiger partial charge in [-0.25, -0.2) is 0 Å². The molecule has 1 heterocycles. The summed E-state index contributed by atoms with van der Waals surface area (Å²) in [5.41, 5.74) is 0.770. The Labute approximate surface area is 149 Å². The average molecular weight is 369 g/mol. The van der Waals surface area contributed by atoms with Crippen molar-refractivity contribution in [1.82, 2.24) is 10.6 Å². The van der Waals surface area contributed by atoms with E-state index in [0.29, 0.717) is 19.0 Å². The van der Waals surface area contributed by atoms with Crippen LogP contribution in [0.3, 0.4) is 0 Å². The maximum Gasteiger partial charge on any atom is 0.387 e. The minimum Gasteiger partial charge on any atom is -0.493 e. The first-order chi connectivity index (χ1) is 12.0. The van der Waals surface area contributed by atoms with E-state index in [1.807, 2.05) is 0 Å². The van der Waals surface area contributed by atoms with Crippen LogP contribution in [0.2, 0.25) is 0 Å². The molecule has 0 aliphatic rings. The van der Waals surface area contributed by atoms with Gasteiger partial charge < -0.3 is 20.1 Å². The third kappa shape index (κ3) is 5.90. The molecule has 1 aromatic heterocycles. The van der Waals surface area contributed by atoms with E-state index in [-0.39, 0.29) is 11.5 Å². The lowest BCUT2D eigenvalue weighted by Crippen LogP contribution is -2.36. The predicted molar refractivity (Wildman–Crippen MR) is 95.7 cm³/mol. The fraction of sp³-hybridized carbons (Fsp3) is 0.353. The number of guanidine groups is 1. The topological polar surface area (TPSA) is 54.9 Å². The second kappa shape index (κ2) is 9.22. The van der Waals surface area contributed by atoms with Gasteiger partial charge >= 0.3 is 6.61 Å². The van der Waals surface area contributed by atoms with Gasteiger partial charge in [-0.2, -0.15) is 8.78 Å². The van der Waals surface area contributed by atoms with Crippen LogP contribution in [-0.2, 0) is 13.1 Å². The molecular weight excluding hydrogens is 348 g/mol. The zero-order valence-corrected chi connectivity index (χ0v) is 15.1. The Hall–Kier alpha value is -2.35. The van der Waals surface area contributed by atoms with E-state index >= 15 is 0 Å². The molecule has 25 heavy (non-hydrogen) atoms. The number of nitrogens with one attached hydrogen (secondary N) is 2. The van der Waals surface area contributed by atoms with Gasteiger partial charge in [-0.3, -0.25) is 4.99 Å². The molecule has 0 bridgehead atoms. The predicted octanol–water partition coefficient (Wildman–Crippen LogP) is 3.53. The van der Waals surface area contributed by atoms with Gasteiger partial charge in [0, 0.05) is 23.3 Å². The van der Waals surface area contributed by atoms with Gasteiger partial charge in [0.15, 0.2) is 17.5 Å². The van der Waals surface area contributed by atoms with Gasteiger partial charge in [-0.15, -0.1) is 11.3 Å². The Morgan fingerprint density at radius 1 is 1.16 bits per heavy atom. The standard InChI is InChI=1S/C17H21F2N3O2S/c1-11-4-6-13(25-11)10-22-17(20-2)21-9-12-5-7-14(23-3)15(8-12)24-16(18)19/h4-8,16H,9-10H2,1-3H3,(H2,20,21,22). The van der Waals surface area contributed by atoms with Crippen LogP contribution < -0.4 is 20.1 Å². The van der Waals surface area contributed by atoms with Gasteiger partial charge in [0.05, 0.1) is 13.7 Å². The molecule has 2 rings (SSSR count). The summed E-state index contributed by atoms with van der Waals surface area (Å²) in [4.78, 5) is 6.61. The molecule has 2 aromatic rings. The fourth-order valence-electron chi connectivity index (χ4n) is 2.18. The SMILES string of the molecule is CN=C(NCc1ccc(OC)c(OC(F)F)c1)NCc1ccc(C)s1. The first kappa shape index (κ1) is 19.0. The molecular formula is C17H21F2N3O2S. The molecule has 0 aliphatic heterocycles. The zero-order valence-electron chi connectivity index (χ0n) is 14.3. The summed E-state index contributed by atoms with van der Waals surface area (Å²) in [6.07, 6.45) is 0. The van der Waals surface area contributed by atoms with Gasteiger partial charge in [0.1, 0.15) is 0 Å². The van der Waals surface area contributed by atoms with E-state index in [9.17, 15) is 8.78 Å². The highest BCUT2D eigenvalue weighted by atomic mass is 32.1. The molecule has 0 atom stereocenters. The molecule has 5 nitrogen and oxygen atoms in total. The molecule has 8 heteroatoms. The van der Waals surface area contributed by atoms with Crippen LogP contribution in [0.15, 0.2) is 35.3 Å². The summed E-state index contributed by atoms with van der Waals surface area (Å²) >= 11 is 1.72. The van der Waals surface area contributed by atoms with Gasteiger partial charge in [0.2, 0.25) is 0 Å². The molecule has 0 radical (unpaired) electrons. The van der Waals surface area contributed by atoms with Crippen molar-refractivity contribution in [3.8, 4) is 11.5 Å². The number of benzene rings is 1. The second-order valence-corrected chi connectivity index (χ2v) is 6.53. The van der Waals surface area contributed by atoms with Crippen molar-refractivity contribution in [2.75, 3.05) is 14.2 Å². The third-order valence-corrected chi connectivity index (χ3v) is 4.35. The summed E-state index contributed by atoms with van der Waals surface area (Å²) in [6, 6.07) is 9.03. The molecule has 0 spiro atoms. The second-order valence-electron chi connectivity index (χ2n) is 5.16. The first-order valence-corrected chi connectivity index (χ1v) is 8.45. The van der Waals surface area contributed by atoms with E-state index in [4.69, 9.17) is 4.74 Å². The van der Waals surface area contributed by atoms with Crippen molar-refractivity contribution in [2.24, 2.45) is 4.99 Å². The van der Waals surface area contributed by atoms with E-state index in [0.717, 1.165) is 5.56 Å². The summed E-state index contributed by atoms with van der Waals surface area (Å²) in [5.74, 6) is 0.895. The Morgan fingerprint density at radius 2 is 1.92 bits per heavy atom. The zero-order chi connectivity index (χ0) is 18.2. The number of rotatable bonds is 7. The molecule has 0 aliphatic carbocycles. The van der Waals surface area contributed by atoms with Crippen molar-refractivity contribution in [3.63, 3.8) is 0 Å². The Balaban J connectivity index is 1.94. The van der Waals surface area contributed by atoms with Crippen LogP contribution in [0.25, 0.3) is 0 Å². The fourth-order valence-corrected chi connectivity index (χ4v) is 3.01. The Bertz CT molecular complexity index is 720. The minimum absolute atomic E-state index is 0.00815. The van der Waals surface area contributed by atoms with E-state index in [1.54, 1.807) is 30.5 Å². The van der Waals surface area contributed by atoms with Crippen LogP contribution in [0.4, 0.5) is 8.78 Å². The maximum absolute atomic E-state index is 12.5. The van der Waals surface area contributed by atoms with Gasteiger partial charge in [0.25, 0.3) is 0 Å². The molecule has 1 aromatic carbocycles. The van der Waals surface area contributed by atoms with Crippen LogP contribution >= 0.6 is 11.3 Å². The van der Waals surface area contributed by atoms with Gasteiger partial charge in [-0.05, 0) is 36.8 Å². The number of hydrogen-bond donors (Lipinski definition) is 2. The monoisotopic (exact) mass is 369 g/mol. The van der Waals surface area contributed by atoms with Crippen molar-refractivity contribution in [1.29, 1.82) is 0 Å². The molecule has 0 saturated carbocycles. The highest BCUT2D eigenvalue weighted by Crippen LogP contribution is 2.29. The number of halogens is 2. The number of aliphatic imine (C=N–C) groups is 1. The lowest BCUT2D eigenvalue weighted by Gasteiger charge is -2.14. The van der Waals surface area contributed by atoms with E-state index < -0.39 is 6.61 Å². The Kier molecular flexibility index (Phi) is 7.00. The van der Waals surface area contributed by atoms with Crippen LogP contribution in [0.5, 0.6) is 11.5 Å². The lowest BCUT2D eigenvalue weighted by atomic mass is 10.2. The number of thiophene rings is 1. The van der Waals surface area contributed by atoms with Crippen LogP contribution in [0, 0.1) is 6.92 Å². The maximum atomic E-state index is 12.5. The number of methoxy groups -OCH3 is 1. The van der Waals surface area contributed by atoms with Crippen molar-refractivity contribution >= 4 is 17.3 Å². The number of alkyl halides is 2. The van der Waals surface area contributed by atoms with E-state index in [2.05, 4.69) is 39.4 Å². The van der Waals surface area contributed by atoms with Gasteiger partial charge in [-0.1, -0.05) is 6.07 Å². The lowest BCUT2D eigenvalue weighted by molar-refractivity contribution is -0.0512. The minimum atomic E-state index is -2.90. The van der Waals surface area contributed by atoms with Crippen LogP contribution in [0.1, 0.15) is 15.3 Å². The van der Waals surface area contributed by atoms with Crippen LogP contribution in [-0.4, -0.2) is 26.7 Å². The average Bonchev–Trinajstić information content (AvgIpc) is 3.00. The summed E-state index contributed by atoms with van der Waals surface area (Å²) in [7, 11) is 3.08. The summed E-state index contributed by atoms with van der Waals surface area (Å²) < 4.78 is 34.5. The smallest absolute Gasteiger partial charge is 0.387 e. The molecule has 0 unspecified atom stereocenters. The molecule has 0 saturated heterocycles. The molecule has 136 valence electrons. The normalized spacial score (nSPS) is 11.5. The number of aryl methyl sites for hydroxylation is 1. The van der Waals surface area contributed by atoms with Crippen molar-refractivity contribution < 1.29 is 18.3 Å². The Morgan fingerprint density at radius 3 is 2.52 bits per heavy atom. The molecule has 0 fully saturated rings. The number of nitrogens with zero attached hydrogens (tertiary/aromatic N) is 1. The van der Waals surface area contributed by atoms with Crippen molar-refractivity contribution in [3.05, 3.63) is 45.6 Å².